The molecule has 6 nitrogen and oxygen atoms in total. The number of anilines is 3. The highest BCUT2D eigenvalue weighted by Gasteiger charge is 2.11. The molecule has 0 amide bonds. The minimum absolute atomic E-state index is 0.451. The minimum Gasteiger partial charge on any atom is -0.480 e. The van der Waals surface area contributed by atoms with Gasteiger partial charge in [-0.2, -0.15) is 0 Å². The van der Waals surface area contributed by atoms with Crippen LogP contribution in [0.4, 0.5) is 17.3 Å². The summed E-state index contributed by atoms with van der Waals surface area (Å²) in [5.74, 6) is 0.0932. The fourth-order valence-electron chi connectivity index (χ4n) is 1.50. The Labute approximate surface area is 124 Å². The van der Waals surface area contributed by atoms with Gasteiger partial charge < -0.3 is 15.7 Å². The number of carboxylic acids is 1. The third kappa shape index (κ3) is 3.92. The summed E-state index contributed by atoms with van der Waals surface area (Å²) >= 11 is 3.39. The number of benzene rings is 1. The van der Waals surface area contributed by atoms with Crippen molar-refractivity contribution in [3.63, 3.8) is 0 Å². The largest absolute Gasteiger partial charge is 0.480 e. The Morgan fingerprint density at radius 2 is 2.05 bits per heavy atom. The van der Waals surface area contributed by atoms with Crippen LogP contribution in [0, 0.1) is 0 Å². The second-order valence-electron chi connectivity index (χ2n) is 4.13. The first kappa shape index (κ1) is 14.3. The van der Waals surface area contributed by atoms with Crippen LogP contribution in [0.15, 0.2) is 41.1 Å². The number of nitrogens with one attached hydrogen (secondary N) is 2. The Morgan fingerprint density at radius 1 is 1.30 bits per heavy atom. The fourth-order valence-corrected chi connectivity index (χ4v) is 1.90. The minimum atomic E-state index is -0.940. The molecule has 20 heavy (non-hydrogen) atoms. The summed E-state index contributed by atoms with van der Waals surface area (Å²) in [5.41, 5.74) is 0.871. The molecule has 0 radical (unpaired) electrons. The average molecular weight is 337 g/mol. The van der Waals surface area contributed by atoms with Gasteiger partial charge in [0.2, 0.25) is 0 Å². The lowest BCUT2D eigenvalue weighted by molar-refractivity contribution is -0.137. The van der Waals surface area contributed by atoms with Crippen molar-refractivity contribution in [1.29, 1.82) is 0 Å². The summed E-state index contributed by atoms with van der Waals surface area (Å²) in [6.07, 6.45) is 1.37. The highest BCUT2D eigenvalue weighted by atomic mass is 79.9. The molecule has 1 aromatic carbocycles. The van der Waals surface area contributed by atoms with Crippen molar-refractivity contribution in [2.24, 2.45) is 0 Å². The van der Waals surface area contributed by atoms with Crippen LogP contribution in [0.1, 0.15) is 6.92 Å². The maximum absolute atomic E-state index is 10.8. The molecule has 1 unspecified atom stereocenters. The van der Waals surface area contributed by atoms with Gasteiger partial charge in [-0.15, -0.1) is 0 Å². The molecule has 0 bridgehead atoms. The lowest BCUT2D eigenvalue weighted by Crippen LogP contribution is -2.25. The predicted octanol–water partition coefficient (Wildman–Crippen LogP) is 2.87. The van der Waals surface area contributed by atoms with Gasteiger partial charge in [0.25, 0.3) is 0 Å². The van der Waals surface area contributed by atoms with Crippen molar-refractivity contribution >= 4 is 39.2 Å². The van der Waals surface area contributed by atoms with Crippen molar-refractivity contribution in [1.82, 2.24) is 9.97 Å². The number of aliphatic carboxylic acids is 1. The van der Waals surface area contributed by atoms with Gasteiger partial charge in [0.1, 0.15) is 24.0 Å². The standard InChI is InChI=1S/C13H13BrN4O2/c1-8(13(19)20)17-11-6-12(16-7-15-11)18-10-4-2-3-9(14)5-10/h2-8H,1H3,(H,19,20)(H2,15,16,17,18). The Hall–Kier alpha value is -2.15. The van der Waals surface area contributed by atoms with Crippen molar-refractivity contribution in [2.75, 3.05) is 10.6 Å². The molecule has 3 N–H and O–H groups in total. The fraction of sp³-hybridized carbons (Fsp3) is 0.154. The first-order chi connectivity index (χ1) is 9.54. The quantitative estimate of drug-likeness (QED) is 0.778. The smallest absolute Gasteiger partial charge is 0.325 e. The van der Waals surface area contributed by atoms with Gasteiger partial charge in [-0.05, 0) is 25.1 Å². The van der Waals surface area contributed by atoms with Crippen LogP contribution in [0.5, 0.6) is 0 Å². The third-order valence-corrected chi connectivity index (χ3v) is 2.99. The molecule has 7 heteroatoms. The SMILES string of the molecule is CC(Nc1cc(Nc2cccc(Br)c2)ncn1)C(=O)O. The molecule has 0 aliphatic heterocycles. The van der Waals surface area contributed by atoms with E-state index in [1.54, 1.807) is 13.0 Å². The van der Waals surface area contributed by atoms with E-state index in [0.717, 1.165) is 10.2 Å². The molecule has 0 spiro atoms. The number of carboxylic acid groups (broad SMARTS) is 1. The van der Waals surface area contributed by atoms with E-state index in [0.29, 0.717) is 11.6 Å². The molecule has 0 aliphatic rings. The monoisotopic (exact) mass is 336 g/mol. The summed E-state index contributed by atoms with van der Waals surface area (Å²) in [5, 5.41) is 14.7. The molecule has 104 valence electrons. The van der Waals surface area contributed by atoms with Crippen LogP contribution in [0.3, 0.4) is 0 Å². The lowest BCUT2D eigenvalue weighted by Gasteiger charge is -2.11. The van der Waals surface area contributed by atoms with E-state index in [4.69, 9.17) is 5.11 Å². The molecule has 1 atom stereocenters. The van der Waals surface area contributed by atoms with Crippen LogP contribution in [-0.2, 0) is 4.79 Å². The zero-order valence-corrected chi connectivity index (χ0v) is 12.3. The average Bonchev–Trinajstić information content (AvgIpc) is 2.39. The summed E-state index contributed by atoms with van der Waals surface area (Å²) in [7, 11) is 0. The van der Waals surface area contributed by atoms with E-state index >= 15 is 0 Å². The number of halogens is 1. The summed E-state index contributed by atoms with van der Waals surface area (Å²) in [6.45, 7) is 1.55. The first-order valence-electron chi connectivity index (χ1n) is 5.88. The topological polar surface area (TPSA) is 87.1 Å². The molecule has 2 rings (SSSR count). The Balaban J connectivity index is 2.11. The van der Waals surface area contributed by atoms with E-state index in [2.05, 4.69) is 36.5 Å². The zero-order chi connectivity index (χ0) is 14.5. The van der Waals surface area contributed by atoms with E-state index < -0.39 is 12.0 Å². The van der Waals surface area contributed by atoms with Crippen molar-refractivity contribution in [3.8, 4) is 0 Å². The van der Waals surface area contributed by atoms with Gasteiger partial charge in [0.15, 0.2) is 0 Å². The van der Waals surface area contributed by atoms with Crippen LogP contribution < -0.4 is 10.6 Å². The number of nitrogens with zero attached hydrogens (tertiary/aromatic N) is 2. The van der Waals surface area contributed by atoms with Crippen molar-refractivity contribution < 1.29 is 9.90 Å². The van der Waals surface area contributed by atoms with Gasteiger partial charge in [-0.3, -0.25) is 4.79 Å². The molecule has 0 saturated heterocycles. The Morgan fingerprint density at radius 3 is 2.75 bits per heavy atom. The molecule has 0 fully saturated rings. The second-order valence-corrected chi connectivity index (χ2v) is 5.04. The summed E-state index contributed by atoms with van der Waals surface area (Å²) < 4.78 is 0.953. The summed E-state index contributed by atoms with van der Waals surface area (Å²) in [4.78, 5) is 18.9. The normalized spacial score (nSPS) is 11.7. The number of hydrogen-bond donors (Lipinski definition) is 3. The Bertz CT molecular complexity index is 621. The van der Waals surface area contributed by atoms with Gasteiger partial charge in [0.05, 0.1) is 0 Å². The number of hydrogen-bond acceptors (Lipinski definition) is 5. The predicted molar refractivity (Wildman–Crippen MR) is 80.2 cm³/mol. The van der Waals surface area contributed by atoms with Crippen molar-refractivity contribution in [2.45, 2.75) is 13.0 Å². The maximum atomic E-state index is 10.8. The molecular formula is C13H13BrN4O2. The highest BCUT2D eigenvalue weighted by molar-refractivity contribution is 9.10. The zero-order valence-electron chi connectivity index (χ0n) is 10.7. The second kappa shape index (κ2) is 6.33. The maximum Gasteiger partial charge on any atom is 0.325 e. The lowest BCUT2D eigenvalue weighted by atomic mass is 10.3. The summed E-state index contributed by atoms with van der Waals surface area (Å²) in [6, 6.07) is 8.57. The van der Waals surface area contributed by atoms with Gasteiger partial charge in [-0.1, -0.05) is 22.0 Å². The number of rotatable bonds is 5. The van der Waals surface area contributed by atoms with Crippen LogP contribution in [-0.4, -0.2) is 27.1 Å². The molecule has 0 saturated carbocycles. The van der Waals surface area contributed by atoms with E-state index in [1.807, 2.05) is 24.3 Å². The first-order valence-corrected chi connectivity index (χ1v) is 6.68. The van der Waals surface area contributed by atoms with Crippen LogP contribution in [0.2, 0.25) is 0 Å². The van der Waals surface area contributed by atoms with E-state index in [9.17, 15) is 4.79 Å². The van der Waals surface area contributed by atoms with Gasteiger partial charge in [-0.25, -0.2) is 9.97 Å². The molecular weight excluding hydrogens is 324 g/mol. The molecule has 1 aromatic heterocycles. The van der Waals surface area contributed by atoms with Crippen LogP contribution in [0.25, 0.3) is 0 Å². The number of aromatic nitrogens is 2. The molecule has 2 aromatic rings. The van der Waals surface area contributed by atoms with Gasteiger partial charge in [0, 0.05) is 16.2 Å². The Kier molecular flexibility index (Phi) is 4.52. The van der Waals surface area contributed by atoms with Crippen molar-refractivity contribution in [3.05, 3.63) is 41.1 Å². The van der Waals surface area contributed by atoms with E-state index in [-0.39, 0.29) is 0 Å². The highest BCUT2D eigenvalue weighted by Crippen LogP contribution is 2.20. The molecule has 1 heterocycles. The molecule has 0 aliphatic carbocycles. The number of carbonyl (C=O) groups is 1. The van der Waals surface area contributed by atoms with E-state index in [1.165, 1.54) is 6.33 Å². The third-order valence-electron chi connectivity index (χ3n) is 2.50. The van der Waals surface area contributed by atoms with Crippen LogP contribution >= 0.6 is 15.9 Å². The van der Waals surface area contributed by atoms with Gasteiger partial charge >= 0.3 is 5.97 Å².